The van der Waals surface area contributed by atoms with Crippen LogP contribution in [0.3, 0.4) is 0 Å². The largest absolute Gasteiger partial charge is 0.477 e. The van der Waals surface area contributed by atoms with E-state index in [4.69, 9.17) is 5.73 Å². The second kappa shape index (κ2) is 9.44. The fourth-order valence-electron chi connectivity index (χ4n) is 5.53. The lowest BCUT2D eigenvalue weighted by atomic mass is 9.78. The van der Waals surface area contributed by atoms with Crippen molar-refractivity contribution < 1.29 is 24.3 Å². The normalized spacial score (nSPS) is 30.6. The van der Waals surface area contributed by atoms with E-state index in [0.29, 0.717) is 31.0 Å². The fraction of sp³-hybridized carbons (Fsp3) is 0.667. The first-order valence-electron chi connectivity index (χ1n) is 11.9. The zero-order valence-electron chi connectivity index (χ0n) is 19.9. The van der Waals surface area contributed by atoms with E-state index in [9.17, 15) is 24.3 Å². The van der Waals surface area contributed by atoms with Crippen LogP contribution in [0.1, 0.15) is 20.3 Å². The molecule has 5 heterocycles. The van der Waals surface area contributed by atoms with Crippen molar-refractivity contribution in [2.45, 2.75) is 56.2 Å². The molecule has 3 amide bonds. The number of carboxylic acids is 1. The molecule has 0 spiro atoms. The Hall–Kier alpha value is -3.04. The van der Waals surface area contributed by atoms with Crippen molar-refractivity contribution in [2.75, 3.05) is 19.6 Å². The molecule has 6 atom stereocenters. The first-order chi connectivity index (χ1) is 17.2. The molecule has 5 N–H and O–H groups in total. The van der Waals surface area contributed by atoms with Crippen molar-refractivity contribution >= 4 is 35.5 Å². The Bertz CT molecular complexity index is 1110. The van der Waals surface area contributed by atoms with Crippen LogP contribution in [0, 0.1) is 11.8 Å². The molecule has 0 saturated carbocycles. The van der Waals surface area contributed by atoms with Crippen molar-refractivity contribution in [1.29, 1.82) is 0 Å². The third kappa shape index (κ3) is 4.24. The third-order valence-corrected chi connectivity index (χ3v) is 8.78. The molecule has 4 aliphatic rings. The Morgan fingerprint density at radius 2 is 2.11 bits per heavy atom. The average molecular weight is 520 g/mol. The Morgan fingerprint density at radius 1 is 1.36 bits per heavy atom. The molecule has 0 bridgehead atoms. The van der Waals surface area contributed by atoms with Gasteiger partial charge in [0.05, 0.1) is 18.0 Å². The number of tetrazole rings is 1. The van der Waals surface area contributed by atoms with Gasteiger partial charge < -0.3 is 31.3 Å². The lowest BCUT2D eigenvalue weighted by Gasteiger charge is -2.47. The Kier molecular flexibility index (Phi) is 6.46. The van der Waals surface area contributed by atoms with Gasteiger partial charge in [0.1, 0.15) is 18.6 Å². The van der Waals surface area contributed by atoms with Gasteiger partial charge in [0.2, 0.25) is 17.7 Å². The summed E-state index contributed by atoms with van der Waals surface area (Å²) in [6.07, 6.45) is 1.93. The number of hydrogen-bond acceptors (Lipinski definition) is 10. The summed E-state index contributed by atoms with van der Waals surface area (Å²) in [5.74, 6) is -2.53. The van der Waals surface area contributed by atoms with Gasteiger partial charge >= 0.3 is 5.97 Å². The van der Waals surface area contributed by atoms with Crippen LogP contribution in [0.15, 0.2) is 16.9 Å². The Balaban J connectivity index is 1.21. The summed E-state index contributed by atoms with van der Waals surface area (Å²) in [6.45, 7) is 5.24. The minimum absolute atomic E-state index is 0.0131. The number of thioether (sulfide) groups is 1. The second-order valence-corrected chi connectivity index (χ2v) is 11.2. The minimum Gasteiger partial charge on any atom is -0.477 e. The van der Waals surface area contributed by atoms with E-state index in [-0.39, 0.29) is 59.3 Å². The molecule has 4 aliphatic heterocycles. The number of β-lactam (4-membered cyclic amide) rings is 1. The minimum atomic E-state index is -1.15. The van der Waals surface area contributed by atoms with E-state index in [2.05, 4.69) is 26.2 Å². The SMILES string of the molecule is CC(NC(=O)Cn1cnnn1)[C@H]1C(=O)N2C(C(=O)O)=C(SC3CN(C(=O)[C@@H]4C[C@H](N)CN4)C3)[C@H](C)[C@H]12. The summed E-state index contributed by atoms with van der Waals surface area (Å²) >= 11 is 1.44. The zero-order chi connectivity index (χ0) is 25.7. The molecule has 15 heteroatoms. The van der Waals surface area contributed by atoms with Gasteiger partial charge in [-0.15, -0.1) is 16.9 Å². The number of aromatic nitrogens is 4. The Morgan fingerprint density at radius 3 is 2.72 bits per heavy atom. The summed E-state index contributed by atoms with van der Waals surface area (Å²) in [6, 6.07) is -1.12. The van der Waals surface area contributed by atoms with Crippen molar-refractivity contribution in [3.63, 3.8) is 0 Å². The van der Waals surface area contributed by atoms with Gasteiger partial charge in [-0.2, -0.15) is 0 Å². The number of carboxylic acid groups (broad SMARTS) is 1. The first-order valence-corrected chi connectivity index (χ1v) is 12.8. The lowest BCUT2D eigenvalue weighted by molar-refractivity contribution is -0.158. The van der Waals surface area contributed by atoms with Crippen LogP contribution in [0.2, 0.25) is 0 Å². The van der Waals surface area contributed by atoms with Gasteiger partial charge in [0.25, 0.3) is 0 Å². The second-order valence-electron chi connectivity index (χ2n) is 9.83. The topological polar surface area (TPSA) is 189 Å². The number of rotatable bonds is 8. The summed E-state index contributed by atoms with van der Waals surface area (Å²) in [5.41, 5.74) is 5.90. The van der Waals surface area contributed by atoms with Crippen LogP contribution in [-0.4, -0.2) is 108 Å². The number of likely N-dealkylation sites (tertiary alicyclic amines) is 1. The van der Waals surface area contributed by atoms with Crippen LogP contribution in [-0.2, 0) is 25.7 Å². The van der Waals surface area contributed by atoms with Gasteiger partial charge in [-0.3, -0.25) is 14.4 Å². The number of amides is 3. The van der Waals surface area contributed by atoms with Gasteiger partial charge in [-0.25, -0.2) is 9.48 Å². The molecule has 3 saturated heterocycles. The molecule has 14 nitrogen and oxygen atoms in total. The highest BCUT2D eigenvalue weighted by Crippen LogP contribution is 2.52. The van der Waals surface area contributed by atoms with Crippen LogP contribution in [0.25, 0.3) is 0 Å². The molecule has 3 fully saturated rings. The van der Waals surface area contributed by atoms with Crippen LogP contribution in [0.5, 0.6) is 0 Å². The van der Waals surface area contributed by atoms with Crippen LogP contribution < -0.4 is 16.4 Å². The van der Waals surface area contributed by atoms with E-state index >= 15 is 0 Å². The molecule has 1 aromatic rings. The number of carbonyl (C=O) groups is 4. The smallest absolute Gasteiger partial charge is 0.353 e. The van der Waals surface area contributed by atoms with E-state index in [1.165, 1.54) is 27.7 Å². The molecule has 1 unspecified atom stereocenters. The quantitative estimate of drug-likeness (QED) is 0.268. The number of fused-ring (bicyclic) bond motifs is 1. The highest BCUT2D eigenvalue weighted by molar-refractivity contribution is 8.03. The van der Waals surface area contributed by atoms with Gasteiger partial charge in [-0.05, 0) is 23.8 Å². The molecular formula is C21H29N9O5S. The maximum Gasteiger partial charge on any atom is 0.353 e. The maximum absolute atomic E-state index is 13.0. The van der Waals surface area contributed by atoms with Crippen LogP contribution >= 0.6 is 11.8 Å². The van der Waals surface area contributed by atoms with Crippen LogP contribution in [0.4, 0.5) is 0 Å². The summed E-state index contributed by atoms with van der Waals surface area (Å²) < 4.78 is 1.28. The predicted molar refractivity (Wildman–Crippen MR) is 126 cm³/mol. The van der Waals surface area contributed by atoms with Gasteiger partial charge in [-0.1, -0.05) is 6.92 Å². The zero-order valence-corrected chi connectivity index (χ0v) is 20.7. The van der Waals surface area contributed by atoms with Crippen molar-refractivity contribution in [3.8, 4) is 0 Å². The molecule has 0 radical (unpaired) electrons. The molecular weight excluding hydrogens is 490 g/mol. The number of aliphatic carboxylic acids is 1. The summed E-state index contributed by atoms with van der Waals surface area (Å²) in [5, 5.41) is 26.6. The average Bonchev–Trinajstić information content (AvgIpc) is 3.50. The number of hydrogen-bond donors (Lipinski definition) is 4. The molecule has 5 rings (SSSR count). The standard InChI is InChI=1S/C21H29N9O5S/c1-9-16-15(10(2)25-14(31)7-29-8-24-26-27-29)20(33)30(16)17(21(34)35)18(9)36-12-5-28(6-12)19(32)13-3-11(22)4-23-13/h8-13,15-16,23H,3-7,22H2,1-2H3,(H,25,31)(H,34,35)/t9-,10?,11+,13+,15-,16-/m1/s1. The maximum atomic E-state index is 13.0. The molecule has 0 aromatic carbocycles. The van der Waals surface area contributed by atoms with E-state index in [1.54, 1.807) is 11.8 Å². The number of nitrogens with one attached hydrogen (secondary N) is 2. The van der Waals surface area contributed by atoms with Crippen molar-refractivity contribution in [3.05, 3.63) is 16.9 Å². The molecule has 36 heavy (non-hydrogen) atoms. The van der Waals surface area contributed by atoms with E-state index in [0.717, 1.165) is 0 Å². The Labute approximate surface area is 211 Å². The first kappa shape index (κ1) is 24.6. The van der Waals surface area contributed by atoms with E-state index in [1.807, 2.05) is 6.92 Å². The van der Waals surface area contributed by atoms with Gasteiger partial charge in [0.15, 0.2) is 0 Å². The third-order valence-electron chi connectivity index (χ3n) is 7.33. The molecule has 1 aromatic heterocycles. The predicted octanol–water partition coefficient (Wildman–Crippen LogP) is -2.42. The van der Waals surface area contributed by atoms with E-state index < -0.39 is 17.9 Å². The number of nitrogens with two attached hydrogens (primary N) is 1. The van der Waals surface area contributed by atoms with Gasteiger partial charge in [0, 0.05) is 47.8 Å². The highest BCUT2D eigenvalue weighted by Gasteiger charge is 2.60. The summed E-state index contributed by atoms with van der Waals surface area (Å²) in [7, 11) is 0. The summed E-state index contributed by atoms with van der Waals surface area (Å²) in [4.78, 5) is 54.0. The number of carbonyl (C=O) groups excluding carboxylic acids is 3. The highest BCUT2D eigenvalue weighted by atomic mass is 32.2. The molecule has 194 valence electrons. The monoisotopic (exact) mass is 519 g/mol. The lowest BCUT2D eigenvalue weighted by Crippen LogP contribution is -2.66. The van der Waals surface area contributed by atoms with Crippen molar-refractivity contribution in [2.24, 2.45) is 17.6 Å². The number of nitrogens with zero attached hydrogens (tertiary/aromatic N) is 6. The molecule has 0 aliphatic carbocycles. The van der Waals surface area contributed by atoms with Crippen molar-refractivity contribution in [1.82, 2.24) is 40.6 Å². The fourth-order valence-corrected chi connectivity index (χ4v) is 7.05.